The molecule has 0 atom stereocenters. The van der Waals surface area contributed by atoms with Crippen LogP contribution in [0.15, 0.2) is 78.9 Å². The summed E-state index contributed by atoms with van der Waals surface area (Å²) in [5.41, 5.74) is 1.83. The Morgan fingerprint density at radius 2 is 1.58 bits per heavy atom. The molecule has 1 amide bonds. The van der Waals surface area contributed by atoms with Crippen LogP contribution in [0.2, 0.25) is 0 Å². The fourth-order valence-corrected chi connectivity index (χ4v) is 2.59. The first kappa shape index (κ1) is 15.9. The molecule has 0 fully saturated rings. The highest BCUT2D eigenvalue weighted by Crippen LogP contribution is 2.22. The van der Waals surface area contributed by atoms with E-state index in [0.29, 0.717) is 0 Å². The SMILES string of the molecule is O=C(/C=C\c1ccccc1)NC(=S)Nc1cccc2ccccc12. The summed E-state index contributed by atoms with van der Waals surface area (Å²) in [5, 5.41) is 8.17. The van der Waals surface area contributed by atoms with Gasteiger partial charge in [-0.1, -0.05) is 66.7 Å². The third-order valence-corrected chi connectivity index (χ3v) is 3.71. The zero-order valence-corrected chi connectivity index (χ0v) is 13.7. The van der Waals surface area contributed by atoms with Crippen molar-refractivity contribution in [3.63, 3.8) is 0 Å². The number of thiocarbonyl (C=S) groups is 1. The van der Waals surface area contributed by atoms with Crippen molar-refractivity contribution in [2.45, 2.75) is 0 Å². The van der Waals surface area contributed by atoms with Crippen LogP contribution in [0.1, 0.15) is 5.56 Å². The average Bonchev–Trinajstić information content (AvgIpc) is 2.61. The number of hydrogen-bond acceptors (Lipinski definition) is 2. The summed E-state index contributed by atoms with van der Waals surface area (Å²) in [6, 6.07) is 23.5. The quantitative estimate of drug-likeness (QED) is 0.553. The molecule has 0 aliphatic rings. The van der Waals surface area contributed by atoms with Crippen LogP contribution in [-0.2, 0) is 4.79 Å². The predicted molar refractivity (Wildman–Crippen MR) is 104 cm³/mol. The van der Waals surface area contributed by atoms with Crippen molar-refractivity contribution < 1.29 is 4.79 Å². The lowest BCUT2D eigenvalue weighted by atomic mass is 10.1. The number of amides is 1. The molecule has 0 radical (unpaired) electrons. The number of rotatable bonds is 3. The van der Waals surface area contributed by atoms with E-state index >= 15 is 0 Å². The van der Waals surface area contributed by atoms with Crippen LogP contribution < -0.4 is 10.6 Å². The van der Waals surface area contributed by atoms with Gasteiger partial charge in [0.25, 0.3) is 0 Å². The second-order valence-electron chi connectivity index (χ2n) is 5.21. The summed E-state index contributed by atoms with van der Waals surface area (Å²) < 4.78 is 0. The Labute approximate surface area is 146 Å². The zero-order valence-electron chi connectivity index (χ0n) is 12.9. The van der Waals surface area contributed by atoms with Crippen molar-refractivity contribution in [1.29, 1.82) is 0 Å². The normalized spacial score (nSPS) is 10.7. The van der Waals surface area contributed by atoms with Crippen molar-refractivity contribution in [2.75, 3.05) is 5.32 Å². The van der Waals surface area contributed by atoms with Gasteiger partial charge in [-0.2, -0.15) is 0 Å². The Bertz CT molecular complexity index is 898. The van der Waals surface area contributed by atoms with Gasteiger partial charge in [0.2, 0.25) is 5.91 Å². The molecule has 0 saturated heterocycles. The van der Waals surface area contributed by atoms with Gasteiger partial charge in [-0.05, 0) is 35.3 Å². The third-order valence-electron chi connectivity index (χ3n) is 3.50. The van der Waals surface area contributed by atoms with E-state index in [2.05, 4.69) is 10.6 Å². The van der Waals surface area contributed by atoms with Gasteiger partial charge in [0.15, 0.2) is 5.11 Å². The molecule has 0 bridgehead atoms. The Morgan fingerprint density at radius 3 is 2.42 bits per heavy atom. The molecule has 0 spiro atoms. The van der Waals surface area contributed by atoms with Gasteiger partial charge >= 0.3 is 0 Å². The molecule has 0 aliphatic carbocycles. The van der Waals surface area contributed by atoms with E-state index in [1.807, 2.05) is 72.8 Å². The first-order chi connectivity index (χ1) is 11.7. The Kier molecular flexibility index (Phi) is 4.99. The number of hydrogen-bond donors (Lipinski definition) is 2. The topological polar surface area (TPSA) is 41.1 Å². The number of carbonyl (C=O) groups excluding carboxylic acids is 1. The van der Waals surface area contributed by atoms with Crippen LogP contribution in [0, 0.1) is 0 Å². The number of carbonyl (C=O) groups is 1. The third kappa shape index (κ3) is 4.06. The smallest absolute Gasteiger partial charge is 0.250 e. The fraction of sp³-hybridized carbons (Fsp3) is 0. The minimum absolute atomic E-state index is 0.267. The second-order valence-corrected chi connectivity index (χ2v) is 5.62. The van der Waals surface area contributed by atoms with Gasteiger partial charge < -0.3 is 5.32 Å². The number of benzene rings is 3. The van der Waals surface area contributed by atoms with Gasteiger partial charge in [-0.25, -0.2) is 0 Å². The van der Waals surface area contributed by atoms with Crippen LogP contribution in [0.25, 0.3) is 16.8 Å². The van der Waals surface area contributed by atoms with Gasteiger partial charge in [0, 0.05) is 17.1 Å². The Morgan fingerprint density at radius 1 is 0.875 bits per heavy atom. The first-order valence-corrected chi connectivity index (χ1v) is 7.96. The van der Waals surface area contributed by atoms with Gasteiger partial charge in [-0.15, -0.1) is 0 Å². The maximum absolute atomic E-state index is 12.0. The monoisotopic (exact) mass is 332 g/mol. The Balaban J connectivity index is 1.65. The van der Waals surface area contributed by atoms with Crippen LogP contribution in [-0.4, -0.2) is 11.0 Å². The maximum Gasteiger partial charge on any atom is 0.250 e. The van der Waals surface area contributed by atoms with E-state index in [9.17, 15) is 4.79 Å². The molecule has 0 saturated carbocycles. The molecule has 0 heterocycles. The molecule has 0 aliphatic heterocycles. The van der Waals surface area contributed by atoms with E-state index in [0.717, 1.165) is 22.0 Å². The summed E-state index contributed by atoms with van der Waals surface area (Å²) in [6.07, 6.45) is 3.21. The van der Waals surface area contributed by atoms with Crippen LogP contribution >= 0.6 is 12.2 Å². The molecule has 3 aromatic carbocycles. The van der Waals surface area contributed by atoms with E-state index in [1.165, 1.54) is 6.08 Å². The molecule has 118 valence electrons. The molecule has 0 unspecified atom stereocenters. The maximum atomic E-state index is 12.0. The summed E-state index contributed by atoms with van der Waals surface area (Å²) in [5.74, 6) is -0.267. The van der Waals surface area contributed by atoms with Crippen LogP contribution in [0.4, 0.5) is 5.69 Å². The standard InChI is InChI=1S/C20H16N2OS/c23-19(14-13-15-7-2-1-3-8-15)22-20(24)21-18-12-6-10-16-9-4-5-11-17(16)18/h1-14H,(H2,21,22,23,24)/b14-13-. The van der Waals surface area contributed by atoms with Crippen LogP contribution in [0.3, 0.4) is 0 Å². The molecule has 2 N–H and O–H groups in total. The molecule has 3 nitrogen and oxygen atoms in total. The van der Waals surface area contributed by atoms with Crippen molar-refractivity contribution in [1.82, 2.24) is 5.32 Å². The van der Waals surface area contributed by atoms with Crippen molar-refractivity contribution in [3.8, 4) is 0 Å². The summed E-state index contributed by atoms with van der Waals surface area (Å²) in [6.45, 7) is 0. The zero-order chi connectivity index (χ0) is 16.8. The first-order valence-electron chi connectivity index (χ1n) is 7.55. The highest BCUT2D eigenvalue weighted by Gasteiger charge is 2.04. The molecule has 4 heteroatoms. The van der Waals surface area contributed by atoms with Crippen molar-refractivity contribution in [3.05, 3.63) is 84.4 Å². The largest absolute Gasteiger partial charge is 0.332 e. The second kappa shape index (κ2) is 7.53. The van der Waals surface area contributed by atoms with Gasteiger partial charge in [-0.3, -0.25) is 10.1 Å². The molecular formula is C20H16N2OS. The fourth-order valence-electron chi connectivity index (χ4n) is 2.38. The van der Waals surface area contributed by atoms with Gasteiger partial charge in [0.05, 0.1) is 0 Å². The molecule has 24 heavy (non-hydrogen) atoms. The Hall–Kier alpha value is -2.98. The average molecular weight is 332 g/mol. The molecular weight excluding hydrogens is 316 g/mol. The molecule has 0 aromatic heterocycles. The van der Waals surface area contributed by atoms with Crippen LogP contribution in [0.5, 0.6) is 0 Å². The molecule has 3 rings (SSSR count). The van der Waals surface area contributed by atoms with Crippen molar-refractivity contribution >= 4 is 45.8 Å². The van der Waals surface area contributed by atoms with E-state index in [-0.39, 0.29) is 11.0 Å². The summed E-state index contributed by atoms with van der Waals surface area (Å²) in [7, 11) is 0. The van der Waals surface area contributed by atoms with E-state index < -0.39 is 0 Å². The number of anilines is 1. The van der Waals surface area contributed by atoms with Crippen molar-refractivity contribution in [2.24, 2.45) is 0 Å². The predicted octanol–water partition coefficient (Wildman–Crippen LogP) is 4.37. The van der Waals surface area contributed by atoms with Gasteiger partial charge in [0.1, 0.15) is 0 Å². The highest BCUT2D eigenvalue weighted by molar-refractivity contribution is 7.80. The number of nitrogens with one attached hydrogen (secondary N) is 2. The minimum atomic E-state index is -0.267. The van der Waals surface area contributed by atoms with E-state index in [1.54, 1.807) is 6.08 Å². The highest BCUT2D eigenvalue weighted by atomic mass is 32.1. The lowest BCUT2D eigenvalue weighted by molar-refractivity contribution is -0.115. The lowest BCUT2D eigenvalue weighted by Crippen LogP contribution is -2.32. The summed E-state index contributed by atoms with van der Waals surface area (Å²) >= 11 is 5.23. The molecule has 3 aromatic rings. The number of fused-ring (bicyclic) bond motifs is 1. The minimum Gasteiger partial charge on any atom is -0.332 e. The van der Waals surface area contributed by atoms with E-state index in [4.69, 9.17) is 12.2 Å². The lowest BCUT2D eigenvalue weighted by Gasteiger charge is -2.10. The summed E-state index contributed by atoms with van der Waals surface area (Å²) in [4.78, 5) is 12.0.